The lowest BCUT2D eigenvalue weighted by atomic mass is 10.9. The molecule has 0 aromatic rings. The lowest BCUT2D eigenvalue weighted by Gasteiger charge is -1.67. The number of halogens is 2. The second kappa shape index (κ2) is 15.6. The lowest BCUT2D eigenvalue weighted by molar-refractivity contribution is 0.321. The Morgan fingerprint density at radius 2 is 1.50 bits per heavy atom. The van der Waals surface area contributed by atoms with Crippen LogP contribution in [-0.2, 0) is 0 Å². The van der Waals surface area contributed by atoms with Crippen LogP contribution < -0.4 is 0 Å². The van der Waals surface area contributed by atoms with Crippen molar-refractivity contribution in [1.82, 2.24) is 0 Å². The van der Waals surface area contributed by atoms with Crippen molar-refractivity contribution in [3.8, 4) is 0 Å². The minimum absolute atomic E-state index is 0.0849. The molecular weight excluding hydrogens is 195 g/mol. The molecule has 4 heteroatoms. The SMILES string of the molecule is OCCBr.OCCCl. The fourth-order valence-corrected chi connectivity index (χ4v) is 0. The third kappa shape index (κ3) is 29.9. The molecule has 0 aliphatic rings. The monoisotopic (exact) mass is 204 g/mol. The highest BCUT2D eigenvalue weighted by molar-refractivity contribution is 9.09. The molecule has 0 spiro atoms. The first-order valence-electron chi connectivity index (χ1n) is 2.17. The van der Waals surface area contributed by atoms with Crippen LogP contribution in [0.3, 0.4) is 0 Å². The van der Waals surface area contributed by atoms with Crippen molar-refractivity contribution in [2.24, 2.45) is 0 Å². The largest absolute Gasteiger partial charge is 0.396 e. The van der Waals surface area contributed by atoms with E-state index in [-0.39, 0.29) is 13.2 Å². The van der Waals surface area contributed by atoms with Crippen LogP contribution in [0, 0.1) is 0 Å². The number of alkyl halides is 2. The first-order valence-corrected chi connectivity index (χ1v) is 3.82. The summed E-state index contributed by atoms with van der Waals surface area (Å²) in [4.78, 5) is 0. The summed E-state index contributed by atoms with van der Waals surface area (Å²) in [6, 6.07) is 0. The quantitative estimate of drug-likeness (QED) is 0.648. The van der Waals surface area contributed by atoms with E-state index in [4.69, 9.17) is 21.8 Å². The number of hydrogen-bond donors (Lipinski definition) is 2. The van der Waals surface area contributed by atoms with Crippen LogP contribution in [0.15, 0.2) is 0 Å². The molecular formula is C4H10BrClO2. The molecule has 0 saturated carbocycles. The smallest absolute Gasteiger partial charge is 0.0566 e. The summed E-state index contributed by atoms with van der Waals surface area (Å²) in [7, 11) is 0. The molecule has 0 unspecified atom stereocenters. The van der Waals surface area contributed by atoms with Crippen molar-refractivity contribution < 1.29 is 10.2 Å². The topological polar surface area (TPSA) is 40.5 Å². The van der Waals surface area contributed by atoms with Gasteiger partial charge in [0, 0.05) is 11.2 Å². The molecule has 8 heavy (non-hydrogen) atoms. The summed E-state index contributed by atoms with van der Waals surface area (Å²) in [5, 5.41) is 16.3. The molecule has 0 radical (unpaired) electrons. The standard InChI is InChI=1S/C2H5BrO.C2H5ClO/c2*3-1-2-4/h2*4H,1-2H2. The molecule has 0 aromatic carbocycles. The Labute approximate surface area is 62.6 Å². The average Bonchev–Trinajstić information content (AvgIpc) is 1.88. The van der Waals surface area contributed by atoms with Crippen molar-refractivity contribution in [1.29, 1.82) is 0 Å². The van der Waals surface area contributed by atoms with Gasteiger partial charge in [0.2, 0.25) is 0 Å². The Kier molecular flexibility index (Phi) is 22.5. The van der Waals surface area contributed by atoms with Crippen LogP contribution in [0.2, 0.25) is 0 Å². The molecule has 2 N–H and O–H groups in total. The summed E-state index contributed by atoms with van der Waals surface area (Å²) in [6.07, 6.45) is 0. The van der Waals surface area contributed by atoms with Gasteiger partial charge in [0.1, 0.15) is 0 Å². The fraction of sp³-hybridized carbons (Fsp3) is 1.00. The second-order valence-corrected chi connectivity index (χ2v) is 2.00. The second-order valence-electron chi connectivity index (χ2n) is 0.825. The molecule has 0 amide bonds. The van der Waals surface area contributed by atoms with Crippen molar-refractivity contribution >= 4 is 27.5 Å². The van der Waals surface area contributed by atoms with Crippen LogP contribution in [0.5, 0.6) is 0 Å². The Hall–Kier alpha value is 0.690. The van der Waals surface area contributed by atoms with Gasteiger partial charge in [0.15, 0.2) is 0 Å². The predicted molar refractivity (Wildman–Crippen MR) is 38.7 cm³/mol. The highest BCUT2D eigenvalue weighted by Gasteiger charge is 1.60. The summed E-state index contributed by atoms with van der Waals surface area (Å²) in [6.45, 7) is 0.321. The van der Waals surface area contributed by atoms with E-state index in [1.165, 1.54) is 0 Å². The summed E-state index contributed by atoms with van der Waals surface area (Å²) >= 11 is 7.93. The third-order valence-electron chi connectivity index (χ3n) is 0.169. The zero-order chi connectivity index (χ0) is 6.83. The van der Waals surface area contributed by atoms with E-state index in [0.29, 0.717) is 11.2 Å². The molecule has 0 atom stereocenters. The van der Waals surface area contributed by atoms with E-state index < -0.39 is 0 Å². The van der Waals surface area contributed by atoms with Gasteiger partial charge in [-0.25, -0.2) is 0 Å². The van der Waals surface area contributed by atoms with Gasteiger partial charge in [0.25, 0.3) is 0 Å². The van der Waals surface area contributed by atoms with Crippen LogP contribution in [0.25, 0.3) is 0 Å². The molecule has 0 saturated heterocycles. The number of hydrogen-bond acceptors (Lipinski definition) is 2. The minimum Gasteiger partial charge on any atom is -0.396 e. The highest BCUT2D eigenvalue weighted by atomic mass is 79.9. The maximum atomic E-state index is 7.83. The maximum Gasteiger partial charge on any atom is 0.0566 e. The molecule has 0 rings (SSSR count). The average molecular weight is 205 g/mol. The van der Waals surface area contributed by atoms with Gasteiger partial charge in [-0.2, -0.15) is 0 Å². The lowest BCUT2D eigenvalue weighted by Crippen LogP contribution is -1.76. The van der Waals surface area contributed by atoms with Crippen molar-refractivity contribution in [3.05, 3.63) is 0 Å². The molecule has 0 aliphatic carbocycles. The number of aliphatic hydroxyl groups is 2. The Morgan fingerprint density at radius 3 is 1.50 bits per heavy atom. The number of rotatable bonds is 2. The molecule has 0 heterocycles. The van der Waals surface area contributed by atoms with Crippen LogP contribution in [-0.4, -0.2) is 34.6 Å². The van der Waals surface area contributed by atoms with Gasteiger partial charge >= 0.3 is 0 Å². The Morgan fingerprint density at radius 1 is 1.25 bits per heavy atom. The Balaban J connectivity index is 0. The van der Waals surface area contributed by atoms with Gasteiger partial charge in [-0.1, -0.05) is 15.9 Å². The zero-order valence-electron chi connectivity index (χ0n) is 4.48. The molecule has 52 valence electrons. The first kappa shape index (κ1) is 11.5. The van der Waals surface area contributed by atoms with E-state index in [1.54, 1.807) is 0 Å². The van der Waals surface area contributed by atoms with Gasteiger partial charge in [-0.15, -0.1) is 11.6 Å². The predicted octanol–water partition coefficient (Wildman–Crippen LogP) is 0.591. The normalized spacial score (nSPS) is 7.50. The van der Waals surface area contributed by atoms with E-state index >= 15 is 0 Å². The van der Waals surface area contributed by atoms with Gasteiger partial charge in [-0.3, -0.25) is 0 Å². The zero-order valence-corrected chi connectivity index (χ0v) is 6.82. The minimum atomic E-state index is 0.0849. The molecule has 0 bridgehead atoms. The first-order chi connectivity index (χ1) is 3.83. The van der Waals surface area contributed by atoms with E-state index in [2.05, 4.69) is 15.9 Å². The summed E-state index contributed by atoms with van der Waals surface area (Å²) < 4.78 is 0. The fourth-order valence-electron chi connectivity index (χ4n) is 0. The van der Waals surface area contributed by atoms with E-state index in [0.717, 1.165) is 0 Å². The Bertz CT molecular complexity index is 22.0. The van der Waals surface area contributed by atoms with Crippen LogP contribution in [0.1, 0.15) is 0 Å². The third-order valence-corrected chi connectivity index (χ3v) is 0.693. The van der Waals surface area contributed by atoms with E-state index in [9.17, 15) is 0 Å². The van der Waals surface area contributed by atoms with Crippen molar-refractivity contribution in [2.75, 3.05) is 24.4 Å². The van der Waals surface area contributed by atoms with Gasteiger partial charge in [0.05, 0.1) is 13.2 Å². The van der Waals surface area contributed by atoms with Gasteiger partial charge < -0.3 is 10.2 Å². The van der Waals surface area contributed by atoms with Gasteiger partial charge in [-0.05, 0) is 0 Å². The highest BCUT2D eigenvalue weighted by Crippen LogP contribution is 1.69. The molecule has 2 nitrogen and oxygen atoms in total. The molecule has 0 fully saturated rings. The number of aliphatic hydroxyl groups excluding tert-OH is 2. The van der Waals surface area contributed by atoms with Crippen LogP contribution >= 0.6 is 27.5 Å². The molecule has 0 aliphatic heterocycles. The maximum absolute atomic E-state index is 7.83. The summed E-state index contributed by atoms with van der Waals surface area (Å²) in [5.74, 6) is 0.347. The summed E-state index contributed by atoms with van der Waals surface area (Å²) in [5.41, 5.74) is 0. The van der Waals surface area contributed by atoms with E-state index in [1.807, 2.05) is 0 Å². The van der Waals surface area contributed by atoms with Crippen molar-refractivity contribution in [3.63, 3.8) is 0 Å². The van der Waals surface area contributed by atoms with Crippen molar-refractivity contribution in [2.45, 2.75) is 0 Å². The van der Waals surface area contributed by atoms with Crippen LogP contribution in [0.4, 0.5) is 0 Å². The molecule has 0 aromatic heterocycles.